The van der Waals surface area contributed by atoms with Crippen molar-refractivity contribution in [2.24, 2.45) is 0 Å². The van der Waals surface area contributed by atoms with E-state index >= 15 is 0 Å². The van der Waals surface area contributed by atoms with Crippen LogP contribution in [0.25, 0.3) is 0 Å². The maximum atomic E-state index is 8.65. The van der Waals surface area contributed by atoms with E-state index in [1.165, 1.54) is 51.4 Å². The van der Waals surface area contributed by atoms with Gasteiger partial charge in [0.2, 0.25) is 0 Å². The topological polar surface area (TPSA) is 47.9 Å². The molecule has 19 heavy (non-hydrogen) atoms. The lowest BCUT2D eigenvalue weighted by atomic mass is 10.1. The standard InChI is InChI=1S/C13H29O4PS/c1-15-18(17-19)16-13-11-9-7-5-3-2-4-6-8-10-12-14/h14,19H,2-13H2,1H3. The molecule has 0 spiro atoms. The molecule has 0 amide bonds. The Hall–Kier alpha value is 0.620. The third-order valence-corrected chi connectivity index (χ3v) is 4.19. The van der Waals surface area contributed by atoms with Crippen LogP contribution < -0.4 is 0 Å². The highest BCUT2D eigenvalue weighted by Crippen LogP contribution is 2.39. The van der Waals surface area contributed by atoms with E-state index in [1.54, 1.807) is 7.11 Å². The maximum Gasteiger partial charge on any atom is 0.344 e. The lowest BCUT2D eigenvalue weighted by Crippen LogP contribution is -1.91. The van der Waals surface area contributed by atoms with E-state index in [9.17, 15) is 0 Å². The fraction of sp³-hybridized carbons (Fsp3) is 1.00. The first kappa shape index (κ1) is 19.6. The van der Waals surface area contributed by atoms with Crippen LogP contribution in [-0.4, -0.2) is 25.4 Å². The monoisotopic (exact) mass is 312 g/mol. The lowest BCUT2D eigenvalue weighted by Gasteiger charge is -2.10. The highest BCUT2D eigenvalue weighted by atomic mass is 32.1. The second-order valence-electron chi connectivity index (χ2n) is 4.58. The molecule has 1 N–H and O–H groups in total. The van der Waals surface area contributed by atoms with Crippen molar-refractivity contribution in [3.05, 3.63) is 0 Å². The van der Waals surface area contributed by atoms with Gasteiger partial charge < -0.3 is 14.2 Å². The molecule has 0 saturated carbocycles. The summed E-state index contributed by atoms with van der Waals surface area (Å²) in [5.41, 5.74) is 0. The number of thiol groups is 1. The fourth-order valence-electron chi connectivity index (χ4n) is 1.88. The third-order valence-electron chi connectivity index (χ3n) is 2.96. The Morgan fingerprint density at radius 2 is 1.32 bits per heavy atom. The van der Waals surface area contributed by atoms with Gasteiger partial charge in [-0.2, -0.15) is 0 Å². The summed E-state index contributed by atoms with van der Waals surface area (Å²) in [6.07, 6.45) is 12.2. The van der Waals surface area contributed by atoms with Crippen LogP contribution in [-0.2, 0) is 13.0 Å². The average Bonchev–Trinajstić information content (AvgIpc) is 2.44. The van der Waals surface area contributed by atoms with Crippen molar-refractivity contribution in [2.75, 3.05) is 20.3 Å². The average molecular weight is 312 g/mol. The van der Waals surface area contributed by atoms with Crippen molar-refractivity contribution in [3.63, 3.8) is 0 Å². The molecule has 116 valence electrons. The van der Waals surface area contributed by atoms with E-state index in [-0.39, 0.29) is 0 Å². The van der Waals surface area contributed by atoms with Crippen LogP contribution in [0.3, 0.4) is 0 Å². The number of hydrogen-bond acceptors (Lipinski definition) is 5. The highest BCUT2D eigenvalue weighted by Gasteiger charge is 2.06. The van der Waals surface area contributed by atoms with Crippen molar-refractivity contribution in [3.8, 4) is 0 Å². The van der Waals surface area contributed by atoms with Gasteiger partial charge in [-0.15, -0.1) is 0 Å². The van der Waals surface area contributed by atoms with Crippen LogP contribution in [0.15, 0.2) is 0 Å². The van der Waals surface area contributed by atoms with Crippen molar-refractivity contribution in [1.29, 1.82) is 0 Å². The van der Waals surface area contributed by atoms with Gasteiger partial charge in [0.1, 0.15) is 0 Å². The molecule has 4 nitrogen and oxygen atoms in total. The van der Waals surface area contributed by atoms with Gasteiger partial charge in [-0.1, -0.05) is 51.4 Å². The zero-order valence-electron chi connectivity index (χ0n) is 12.1. The third kappa shape index (κ3) is 14.8. The largest absolute Gasteiger partial charge is 0.396 e. The molecule has 0 aliphatic heterocycles. The predicted molar refractivity (Wildman–Crippen MR) is 83.2 cm³/mol. The normalized spacial score (nSPS) is 12.8. The Balaban J connectivity index is 3.02. The minimum Gasteiger partial charge on any atom is -0.396 e. The smallest absolute Gasteiger partial charge is 0.344 e. The summed E-state index contributed by atoms with van der Waals surface area (Å²) in [6.45, 7) is 1.02. The predicted octanol–water partition coefficient (Wildman–Crippen LogP) is 4.63. The second-order valence-corrected chi connectivity index (χ2v) is 6.30. The molecule has 0 rings (SSSR count). The molecule has 0 aromatic rings. The summed E-state index contributed by atoms with van der Waals surface area (Å²) in [6, 6.07) is 0. The summed E-state index contributed by atoms with van der Waals surface area (Å²) >= 11 is 3.67. The minimum absolute atomic E-state index is 0.339. The second kappa shape index (κ2) is 16.7. The Kier molecular flexibility index (Phi) is 17.2. The zero-order chi connectivity index (χ0) is 14.2. The first-order valence-corrected chi connectivity index (χ1v) is 8.70. The fourth-order valence-corrected chi connectivity index (χ4v) is 2.72. The van der Waals surface area contributed by atoms with Gasteiger partial charge in [-0.05, 0) is 25.8 Å². The molecule has 0 fully saturated rings. The SMILES string of the molecule is COP(OS)OCCCCCCCCCCCCO. The highest BCUT2D eigenvalue weighted by molar-refractivity contribution is 7.79. The van der Waals surface area contributed by atoms with Crippen molar-refractivity contribution >= 4 is 21.5 Å². The molecule has 0 radical (unpaired) electrons. The number of unbranched alkanes of at least 4 members (excludes halogenated alkanes) is 9. The van der Waals surface area contributed by atoms with Crippen LogP contribution in [0.4, 0.5) is 0 Å². The molecule has 0 aliphatic rings. The van der Waals surface area contributed by atoms with Crippen LogP contribution in [0, 0.1) is 0 Å². The number of aliphatic hydroxyl groups excluding tert-OH is 1. The van der Waals surface area contributed by atoms with E-state index in [1.807, 2.05) is 0 Å². The summed E-state index contributed by atoms with van der Waals surface area (Å²) < 4.78 is 15.0. The van der Waals surface area contributed by atoms with E-state index in [2.05, 4.69) is 12.9 Å². The van der Waals surface area contributed by atoms with Gasteiger partial charge in [0.05, 0.1) is 6.61 Å². The van der Waals surface area contributed by atoms with Crippen molar-refractivity contribution in [2.45, 2.75) is 64.2 Å². The first-order chi connectivity index (χ1) is 9.35. The Bertz CT molecular complexity index is 171. The minimum atomic E-state index is -1.25. The summed E-state index contributed by atoms with van der Waals surface area (Å²) in [7, 11) is 0.310. The van der Waals surface area contributed by atoms with E-state index in [0.717, 1.165) is 12.8 Å². The van der Waals surface area contributed by atoms with Crippen LogP contribution in [0.1, 0.15) is 64.2 Å². The molecule has 1 unspecified atom stereocenters. The lowest BCUT2D eigenvalue weighted by molar-refractivity contribution is 0.238. The Morgan fingerprint density at radius 3 is 1.74 bits per heavy atom. The van der Waals surface area contributed by atoms with Gasteiger partial charge in [0.25, 0.3) is 0 Å². The van der Waals surface area contributed by atoms with E-state index < -0.39 is 8.60 Å². The summed E-state index contributed by atoms with van der Waals surface area (Å²) in [5, 5.41) is 8.65. The van der Waals surface area contributed by atoms with Crippen LogP contribution in [0.2, 0.25) is 0 Å². The van der Waals surface area contributed by atoms with E-state index in [0.29, 0.717) is 13.2 Å². The molecule has 1 atom stereocenters. The summed E-state index contributed by atoms with van der Waals surface area (Å²) in [5.74, 6) is 0. The van der Waals surface area contributed by atoms with Gasteiger partial charge in [-0.25, -0.2) is 3.97 Å². The van der Waals surface area contributed by atoms with Crippen molar-refractivity contribution < 1.29 is 18.1 Å². The van der Waals surface area contributed by atoms with Gasteiger partial charge >= 0.3 is 8.60 Å². The van der Waals surface area contributed by atoms with Gasteiger partial charge in [0, 0.05) is 13.7 Å². The molecule has 0 saturated heterocycles. The Morgan fingerprint density at radius 1 is 0.842 bits per heavy atom. The van der Waals surface area contributed by atoms with E-state index in [4.69, 9.17) is 18.1 Å². The number of rotatable bonds is 15. The molecule has 0 aromatic heterocycles. The molecule has 0 aromatic carbocycles. The zero-order valence-corrected chi connectivity index (χ0v) is 13.8. The molecule has 0 bridgehead atoms. The quantitative estimate of drug-likeness (QED) is 0.200. The number of hydrogen-bond donors (Lipinski definition) is 2. The van der Waals surface area contributed by atoms with Crippen LogP contribution >= 0.6 is 21.5 Å². The Labute approximate surface area is 124 Å². The first-order valence-electron chi connectivity index (χ1n) is 7.24. The van der Waals surface area contributed by atoms with Crippen LogP contribution in [0.5, 0.6) is 0 Å². The molecule has 0 heterocycles. The van der Waals surface area contributed by atoms with Crippen molar-refractivity contribution in [1.82, 2.24) is 0 Å². The molecular weight excluding hydrogens is 283 g/mol. The van der Waals surface area contributed by atoms with Gasteiger partial charge in [0.15, 0.2) is 0 Å². The molecular formula is C13H29O4PS. The summed E-state index contributed by atoms with van der Waals surface area (Å²) in [4.78, 5) is 0. The molecule has 6 heteroatoms. The van der Waals surface area contributed by atoms with Gasteiger partial charge in [-0.3, -0.25) is 0 Å². The number of aliphatic hydroxyl groups is 1. The maximum absolute atomic E-state index is 8.65. The molecule has 0 aliphatic carbocycles.